The summed E-state index contributed by atoms with van der Waals surface area (Å²) >= 11 is 0. The summed E-state index contributed by atoms with van der Waals surface area (Å²) in [6, 6.07) is 0. The molecule has 13 heavy (non-hydrogen) atoms. The number of rotatable bonds is 6. The second-order valence-corrected chi connectivity index (χ2v) is 4.42. The quantitative estimate of drug-likeness (QED) is 0.527. The average molecular weight is 181 g/mol. The van der Waals surface area contributed by atoms with Crippen LogP contribution in [-0.4, -0.2) is 7.28 Å². The third kappa shape index (κ3) is 2.11. The summed E-state index contributed by atoms with van der Waals surface area (Å²) in [5, 5.41) is 0.455. The van der Waals surface area contributed by atoms with Crippen LogP contribution in [0.3, 0.4) is 0 Å². The molecule has 0 spiro atoms. The highest BCUT2D eigenvalue weighted by Gasteiger charge is 2.41. The minimum atomic E-state index is 0.455. The molecular weight excluding hydrogens is 155 g/mol. The van der Waals surface area contributed by atoms with E-state index in [1.807, 2.05) is 0 Å². The first-order valence-electron chi connectivity index (χ1n) is 5.86. The maximum absolute atomic E-state index is 2.44. The Bertz CT molecular complexity index is 124. The summed E-state index contributed by atoms with van der Waals surface area (Å²) in [5.41, 5.74) is 0.491. The Morgan fingerprint density at radius 2 is 1.23 bits per heavy atom. The van der Waals surface area contributed by atoms with Gasteiger partial charge in [-0.3, -0.25) is 0 Å². The molecule has 0 aliphatic rings. The van der Waals surface area contributed by atoms with Gasteiger partial charge >= 0.3 is 0 Å². The lowest BCUT2D eigenvalue weighted by Crippen LogP contribution is -2.36. The molecule has 0 unspecified atom stereocenters. The molecule has 0 bridgehead atoms. The van der Waals surface area contributed by atoms with E-state index >= 15 is 0 Å². The lowest BCUT2D eigenvalue weighted by Gasteiger charge is -2.48. The molecule has 0 nitrogen and oxygen atoms in total. The molecule has 1 heteroatoms. The molecule has 0 atom stereocenters. The predicted octanol–water partition coefficient (Wildman–Crippen LogP) is 4.54. The van der Waals surface area contributed by atoms with E-state index in [2.05, 4.69) is 48.7 Å². The highest BCUT2D eigenvalue weighted by atomic mass is 14.4. The Labute approximate surface area is 85.7 Å². The van der Waals surface area contributed by atoms with Crippen LogP contribution in [-0.2, 0) is 0 Å². The van der Waals surface area contributed by atoms with Gasteiger partial charge in [0.05, 0.1) is 0 Å². The topological polar surface area (TPSA) is 0 Å². The lowest BCUT2D eigenvalue weighted by atomic mass is 9.40. The third-order valence-corrected chi connectivity index (χ3v) is 4.58. The van der Waals surface area contributed by atoms with E-state index in [1.54, 1.807) is 0 Å². The normalized spacial score (nSPS) is 13.1. The summed E-state index contributed by atoms with van der Waals surface area (Å²) in [4.78, 5) is 0. The second kappa shape index (κ2) is 5.07. The summed E-state index contributed by atoms with van der Waals surface area (Å²) < 4.78 is 0. The third-order valence-electron chi connectivity index (χ3n) is 4.58. The first-order valence-corrected chi connectivity index (χ1v) is 5.86. The van der Waals surface area contributed by atoms with Crippen LogP contribution >= 0.6 is 0 Å². The van der Waals surface area contributed by atoms with Gasteiger partial charge in [0, 0.05) is 0 Å². The van der Waals surface area contributed by atoms with Crippen LogP contribution < -0.4 is 0 Å². The molecule has 1 radical (unpaired) electrons. The molecule has 0 aromatic heterocycles. The molecule has 0 saturated heterocycles. The molecule has 0 fully saturated rings. The van der Waals surface area contributed by atoms with Gasteiger partial charge in [-0.1, -0.05) is 72.4 Å². The highest BCUT2D eigenvalue weighted by molar-refractivity contribution is 6.38. The molecule has 77 valence electrons. The zero-order chi connectivity index (χ0) is 10.5. The molecular formula is C12H26B. The van der Waals surface area contributed by atoms with E-state index in [4.69, 9.17) is 0 Å². The highest BCUT2D eigenvalue weighted by Crippen LogP contribution is 2.54. The molecule has 0 saturated carbocycles. The monoisotopic (exact) mass is 181 g/mol. The standard InChI is InChI=1S/C12H26B/c1-7-11(5,8-2)12(9-3,10-4)13-6/h7-10H2,1-6H3. The van der Waals surface area contributed by atoms with Crippen LogP contribution in [0, 0.1) is 5.41 Å². The minimum absolute atomic E-state index is 0.455. The van der Waals surface area contributed by atoms with Crippen molar-refractivity contribution in [2.45, 2.75) is 72.4 Å². The Morgan fingerprint density at radius 1 is 0.846 bits per heavy atom. The van der Waals surface area contributed by atoms with Gasteiger partial charge in [0.1, 0.15) is 7.28 Å². The van der Waals surface area contributed by atoms with Crippen molar-refractivity contribution in [1.29, 1.82) is 0 Å². The zero-order valence-electron chi connectivity index (χ0n) is 10.4. The Kier molecular flexibility index (Phi) is 5.10. The minimum Gasteiger partial charge on any atom is -0.0914 e. The van der Waals surface area contributed by atoms with Crippen molar-refractivity contribution in [3.63, 3.8) is 0 Å². The lowest BCUT2D eigenvalue weighted by molar-refractivity contribution is 0.172. The van der Waals surface area contributed by atoms with Gasteiger partial charge < -0.3 is 0 Å². The SMILES string of the molecule is C[B]C(CC)(CC)C(C)(CC)CC. The van der Waals surface area contributed by atoms with Crippen molar-refractivity contribution in [3.8, 4) is 0 Å². The molecule has 0 N–H and O–H groups in total. The van der Waals surface area contributed by atoms with E-state index < -0.39 is 0 Å². The van der Waals surface area contributed by atoms with Crippen LogP contribution in [0.25, 0.3) is 0 Å². The van der Waals surface area contributed by atoms with Crippen LogP contribution in [0.4, 0.5) is 0 Å². The predicted molar refractivity (Wildman–Crippen MR) is 63.6 cm³/mol. The fraction of sp³-hybridized carbons (Fsp3) is 1.00. The van der Waals surface area contributed by atoms with E-state index in [9.17, 15) is 0 Å². The molecule has 0 aliphatic heterocycles. The molecule has 0 aromatic rings. The number of hydrogen-bond acceptors (Lipinski definition) is 0. The van der Waals surface area contributed by atoms with Crippen molar-refractivity contribution >= 4 is 7.28 Å². The van der Waals surface area contributed by atoms with Gasteiger partial charge in [-0.05, 0) is 5.41 Å². The Morgan fingerprint density at radius 3 is 1.31 bits per heavy atom. The van der Waals surface area contributed by atoms with Gasteiger partial charge in [-0.2, -0.15) is 0 Å². The van der Waals surface area contributed by atoms with E-state index in [-0.39, 0.29) is 0 Å². The molecule has 0 aromatic carbocycles. The van der Waals surface area contributed by atoms with Crippen molar-refractivity contribution in [2.24, 2.45) is 5.41 Å². The van der Waals surface area contributed by atoms with Crippen molar-refractivity contribution < 1.29 is 0 Å². The van der Waals surface area contributed by atoms with Crippen LogP contribution in [0.5, 0.6) is 0 Å². The van der Waals surface area contributed by atoms with Crippen LogP contribution in [0.1, 0.15) is 60.3 Å². The largest absolute Gasteiger partial charge is 0.115 e. The van der Waals surface area contributed by atoms with E-state index in [1.165, 1.54) is 25.7 Å². The zero-order valence-corrected chi connectivity index (χ0v) is 10.4. The summed E-state index contributed by atoms with van der Waals surface area (Å²) in [6.45, 7) is 14.0. The summed E-state index contributed by atoms with van der Waals surface area (Å²) in [7, 11) is 2.44. The van der Waals surface area contributed by atoms with E-state index in [0.717, 1.165) is 0 Å². The average Bonchev–Trinajstić information content (AvgIpc) is 2.20. The molecule has 0 aliphatic carbocycles. The fourth-order valence-electron chi connectivity index (χ4n) is 2.81. The Balaban J connectivity index is 4.87. The second-order valence-electron chi connectivity index (χ2n) is 4.42. The van der Waals surface area contributed by atoms with Gasteiger partial charge in [0.15, 0.2) is 0 Å². The smallest absolute Gasteiger partial charge is 0.0914 e. The van der Waals surface area contributed by atoms with Crippen LogP contribution in [0.2, 0.25) is 12.1 Å². The van der Waals surface area contributed by atoms with Crippen molar-refractivity contribution in [1.82, 2.24) is 0 Å². The molecule has 0 amide bonds. The summed E-state index contributed by atoms with van der Waals surface area (Å²) in [6.07, 6.45) is 5.13. The van der Waals surface area contributed by atoms with Gasteiger partial charge in [0.25, 0.3) is 0 Å². The Hall–Kier alpha value is 0.0649. The van der Waals surface area contributed by atoms with Crippen LogP contribution in [0.15, 0.2) is 0 Å². The van der Waals surface area contributed by atoms with Gasteiger partial charge in [0.2, 0.25) is 0 Å². The van der Waals surface area contributed by atoms with Gasteiger partial charge in [-0.25, -0.2) is 0 Å². The maximum Gasteiger partial charge on any atom is 0.115 e. The summed E-state index contributed by atoms with van der Waals surface area (Å²) in [5.74, 6) is 0. The molecule has 0 rings (SSSR count). The maximum atomic E-state index is 2.44. The van der Waals surface area contributed by atoms with Crippen molar-refractivity contribution in [3.05, 3.63) is 0 Å². The van der Waals surface area contributed by atoms with Crippen molar-refractivity contribution in [2.75, 3.05) is 0 Å². The first kappa shape index (κ1) is 13.1. The number of hydrogen-bond donors (Lipinski definition) is 0. The fourth-order valence-corrected chi connectivity index (χ4v) is 2.81. The van der Waals surface area contributed by atoms with Gasteiger partial charge in [-0.15, -0.1) is 0 Å². The molecule has 0 heterocycles. The first-order chi connectivity index (χ1) is 6.05. The van der Waals surface area contributed by atoms with E-state index in [0.29, 0.717) is 10.7 Å².